The minimum atomic E-state index is 0.0639. The number of nitrogens with one attached hydrogen (secondary N) is 1. The van der Waals surface area contributed by atoms with Crippen LogP contribution in [0, 0.1) is 5.92 Å². The first-order valence-corrected chi connectivity index (χ1v) is 9.15. The minimum absolute atomic E-state index is 0.0639. The third-order valence-electron chi connectivity index (χ3n) is 4.14. The SMILES string of the molecule is CC(C)Sc1nc(CC2CCCCC2)c(C(C)C)c(=O)[nH]1. The lowest BCUT2D eigenvalue weighted by Gasteiger charge is -2.23. The van der Waals surface area contributed by atoms with Crippen molar-refractivity contribution in [1.82, 2.24) is 9.97 Å². The Bertz CT molecular complexity index is 516. The lowest BCUT2D eigenvalue weighted by molar-refractivity contribution is 0.352. The van der Waals surface area contributed by atoms with Crippen LogP contribution in [0.4, 0.5) is 0 Å². The van der Waals surface area contributed by atoms with Crippen molar-refractivity contribution in [2.24, 2.45) is 5.92 Å². The smallest absolute Gasteiger partial charge is 0.255 e. The highest BCUT2D eigenvalue weighted by atomic mass is 32.2. The van der Waals surface area contributed by atoms with Gasteiger partial charge in [-0.3, -0.25) is 4.79 Å². The molecule has 0 aromatic carbocycles. The summed E-state index contributed by atoms with van der Waals surface area (Å²) in [4.78, 5) is 20.2. The van der Waals surface area contributed by atoms with Gasteiger partial charge in [-0.1, -0.05) is 71.6 Å². The molecule has 1 saturated carbocycles. The van der Waals surface area contributed by atoms with Crippen LogP contribution in [-0.4, -0.2) is 15.2 Å². The first-order valence-electron chi connectivity index (χ1n) is 8.27. The van der Waals surface area contributed by atoms with E-state index in [1.165, 1.54) is 32.1 Å². The molecule has 0 aliphatic heterocycles. The summed E-state index contributed by atoms with van der Waals surface area (Å²) in [5, 5.41) is 1.21. The highest BCUT2D eigenvalue weighted by Crippen LogP contribution is 2.29. The number of H-pyrrole nitrogens is 1. The standard InChI is InChI=1S/C17H28N2OS/c1-11(2)15-14(10-13-8-6-5-7-9-13)18-17(19-16(15)20)21-12(3)4/h11-13H,5-10H2,1-4H3,(H,18,19,20). The monoisotopic (exact) mass is 308 g/mol. The molecular weight excluding hydrogens is 280 g/mol. The molecule has 1 fully saturated rings. The molecule has 0 bridgehead atoms. The molecule has 0 atom stereocenters. The van der Waals surface area contributed by atoms with Gasteiger partial charge >= 0.3 is 0 Å². The van der Waals surface area contributed by atoms with Gasteiger partial charge in [0.15, 0.2) is 5.16 Å². The number of thioether (sulfide) groups is 1. The van der Waals surface area contributed by atoms with Crippen LogP contribution in [0.1, 0.15) is 77.0 Å². The van der Waals surface area contributed by atoms with Crippen LogP contribution in [0.25, 0.3) is 0 Å². The maximum atomic E-state index is 12.4. The van der Waals surface area contributed by atoms with E-state index in [1.807, 2.05) is 0 Å². The molecule has 0 saturated heterocycles. The molecule has 21 heavy (non-hydrogen) atoms. The Morgan fingerprint density at radius 2 is 1.86 bits per heavy atom. The predicted octanol–water partition coefficient (Wildman–Crippen LogP) is 4.52. The molecule has 3 nitrogen and oxygen atoms in total. The molecule has 1 heterocycles. The van der Waals surface area contributed by atoms with Crippen LogP contribution in [0.15, 0.2) is 9.95 Å². The van der Waals surface area contributed by atoms with E-state index >= 15 is 0 Å². The van der Waals surface area contributed by atoms with Gasteiger partial charge in [-0.15, -0.1) is 0 Å². The molecule has 0 amide bonds. The van der Waals surface area contributed by atoms with Crippen LogP contribution in [0.3, 0.4) is 0 Å². The first kappa shape index (κ1) is 16.6. The van der Waals surface area contributed by atoms with Crippen LogP contribution in [0.2, 0.25) is 0 Å². The van der Waals surface area contributed by atoms with Crippen LogP contribution in [0.5, 0.6) is 0 Å². The van der Waals surface area contributed by atoms with Crippen molar-refractivity contribution >= 4 is 11.8 Å². The summed E-state index contributed by atoms with van der Waals surface area (Å²) >= 11 is 1.64. The molecule has 0 unspecified atom stereocenters. The Kier molecular flexibility index (Phi) is 5.91. The molecule has 2 rings (SSSR count). The molecule has 1 aliphatic carbocycles. The van der Waals surface area contributed by atoms with E-state index < -0.39 is 0 Å². The van der Waals surface area contributed by atoms with E-state index in [-0.39, 0.29) is 11.5 Å². The minimum Gasteiger partial charge on any atom is -0.301 e. The van der Waals surface area contributed by atoms with Gasteiger partial charge in [0.05, 0.1) is 5.69 Å². The fraction of sp³-hybridized carbons (Fsp3) is 0.765. The first-order chi connectivity index (χ1) is 9.97. The molecule has 0 radical (unpaired) electrons. The van der Waals surface area contributed by atoms with Gasteiger partial charge in [0.2, 0.25) is 0 Å². The quantitative estimate of drug-likeness (QED) is 0.642. The number of nitrogens with zero attached hydrogens (tertiary/aromatic N) is 1. The molecule has 4 heteroatoms. The zero-order chi connectivity index (χ0) is 15.4. The summed E-state index contributed by atoms with van der Waals surface area (Å²) in [6.07, 6.45) is 7.59. The zero-order valence-corrected chi connectivity index (χ0v) is 14.6. The van der Waals surface area contributed by atoms with E-state index in [9.17, 15) is 4.79 Å². The lowest BCUT2D eigenvalue weighted by Crippen LogP contribution is -2.22. The Balaban J connectivity index is 2.29. The molecule has 1 N–H and O–H groups in total. The van der Waals surface area contributed by atoms with Crippen LogP contribution >= 0.6 is 11.8 Å². The molecular formula is C17H28N2OS. The Hall–Kier alpha value is -0.770. The van der Waals surface area contributed by atoms with E-state index in [4.69, 9.17) is 4.98 Å². The maximum absolute atomic E-state index is 12.4. The topological polar surface area (TPSA) is 45.8 Å². The highest BCUT2D eigenvalue weighted by molar-refractivity contribution is 7.99. The second-order valence-electron chi connectivity index (χ2n) is 6.76. The van der Waals surface area contributed by atoms with Crippen LogP contribution in [-0.2, 0) is 6.42 Å². The number of hydrogen-bond acceptors (Lipinski definition) is 3. The third kappa shape index (κ3) is 4.60. The Morgan fingerprint density at radius 3 is 2.43 bits per heavy atom. The van der Waals surface area contributed by atoms with Gasteiger partial charge in [0.1, 0.15) is 0 Å². The summed E-state index contributed by atoms with van der Waals surface area (Å²) < 4.78 is 0. The lowest BCUT2D eigenvalue weighted by atomic mass is 9.84. The van der Waals surface area contributed by atoms with Crippen molar-refractivity contribution in [2.45, 2.75) is 82.5 Å². The summed E-state index contributed by atoms with van der Waals surface area (Å²) in [6, 6.07) is 0. The molecule has 118 valence electrons. The van der Waals surface area contributed by atoms with Gasteiger partial charge in [-0.05, 0) is 18.3 Å². The van der Waals surface area contributed by atoms with Crippen molar-refractivity contribution in [1.29, 1.82) is 0 Å². The molecule has 1 aromatic heterocycles. The summed E-state index contributed by atoms with van der Waals surface area (Å²) in [7, 11) is 0. The van der Waals surface area contributed by atoms with Crippen molar-refractivity contribution in [3.05, 3.63) is 21.6 Å². The fourth-order valence-electron chi connectivity index (χ4n) is 3.20. The number of rotatable bonds is 5. The van der Waals surface area contributed by atoms with Gasteiger partial charge in [-0.25, -0.2) is 4.98 Å². The van der Waals surface area contributed by atoms with Crippen molar-refractivity contribution < 1.29 is 0 Å². The zero-order valence-electron chi connectivity index (χ0n) is 13.7. The van der Waals surface area contributed by atoms with E-state index in [0.29, 0.717) is 11.2 Å². The van der Waals surface area contributed by atoms with E-state index in [1.54, 1.807) is 11.8 Å². The molecule has 0 spiro atoms. The molecule has 1 aromatic rings. The normalized spacial score (nSPS) is 16.9. The third-order valence-corrected chi connectivity index (χ3v) is 5.03. The summed E-state index contributed by atoms with van der Waals surface area (Å²) in [6.45, 7) is 8.43. The van der Waals surface area contributed by atoms with Gasteiger partial charge in [-0.2, -0.15) is 0 Å². The predicted molar refractivity (Wildman–Crippen MR) is 90.2 cm³/mol. The second kappa shape index (κ2) is 7.48. The fourth-order valence-corrected chi connectivity index (χ4v) is 3.96. The number of aromatic nitrogens is 2. The van der Waals surface area contributed by atoms with Gasteiger partial charge < -0.3 is 4.98 Å². The second-order valence-corrected chi connectivity index (χ2v) is 8.33. The Labute approximate surface area is 132 Å². The van der Waals surface area contributed by atoms with Gasteiger partial charge in [0.25, 0.3) is 5.56 Å². The summed E-state index contributed by atoms with van der Waals surface area (Å²) in [5.41, 5.74) is 2.01. The largest absolute Gasteiger partial charge is 0.301 e. The van der Waals surface area contributed by atoms with Crippen LogP contribution < -0.4 is 5.56 Å². The van der Waals surface area contributed by atoms with Crippen molar-refractivity contribution in [3.8, 4) is 0 Å². The van der Waals surface area contributed by atoms with E-state index in [0.717, 1.165) is 22.8 Å². The van der Waals surface area contributed by atoms with Crippen molar-refractivity contribution in [3.63, 3.8) is 0 Å². The average Bonchev–Trinajstić information content (AvgIpc) is 2.37. The summed E-state index contributed by atoms with van der Waals surface area (Å²) in [5.74, 6) is 0.945. The van der Waals surface area contributed by atoms with Gasteiger partial charge in [0, 0.05) is 10.8 Å². The van der Waals surface area contributed by atoms with E-state index in [2.05, 4.69) is 32.7 Å². The highest BCUT2D eigenvalue weighted by Gasteiger charge is 2.20. The van der Waals surface area contributed by atoms with Crippen molar-refractivity contribution in [2.75, 3.05) is 0 Å². The number of hydrogen-bond donors (Lipinski definition) is 1. The average molecular weight is 308 g/mol. The number of aromatic amines is 1. The Morgan fingerprint density at radius 1 is 1.19 bits per heavy atom. The molecule has 1 aliphatic rings. The maximum Gasteiger partial charge on any atom is 0.255 e.